The first-order valence-electron chi connectivity index (χ1n) is 13.8. The zero-order chi connectivity index (χ0) is 31.7. The number of carbonyl (C=O) groups is 5. The number of carboxylic acids is 1. The standard InChI is InChI=1S/C30H38N6O7/c1-16(2)11-25(30(42)43)36-29(41)24(13-18-15-33-22-6-4-3-5-20(18)22)35-28(40)23(12-17-7-9-19(37)10-8-17)34-27(39)21(31)14-26(32)38/h3-10,15-16,21,23-25,33,37H,11-14,31H2,1-2H3,(H2,32,38)(H,34,39)(H,35,40)(H,36,41)(H,42,43). The third-order valence-electron chi connectivity index (χ3n) is 6.82. The molecule has 4 amide bonds. The van der Waals surface area contributed by atoms with Crippen molar-refractivity contribution in [2.75, 3.05) is 0 Å². The van der Waals surface area contributed by atoms with Crippen LogP contribution in [0.3, 0.4) is 0 Å². The SMILES string of the molecule is CC(C)CC(NC(=O)C(Cc1c[nH]c2ccccc12)NC(=O)C(Cc1ccc(O)cc1)NC(=O)C(N)CC(N)=O)C(=O)O. The van der Waals surface area contributed by atoms with Gasteiger partial charge in [-0.05, 0) is 41.7 Å². The van der Waals surface area contributed by atoms with Gasteiger partial charge in [0.1, 0.15) is 23.9 Å². The number of benzene rings is 2. The number of phenols is 1. The van der Waals surface area contributed by atoms with Crippen molar-refractivity contribution < 1.29 is 34.2 Å². The number of amides is 4. The molecule has 0 fully saturated rings. The average molecular weight is 595 g/mol. The van der Waals surface area contributed by atoms with E-state index >= 15 is 0 Å². The van der Waals surface area contributed by atoms with E-state index in [0.29, 0.717) is 11.1 Å². The van der Waals surface area contributed by atoms with Crippen LogP contribution in [0.1, 0.15) is 37.8 Å². The molecule has 4 unspecified atom stereocenters. The summed E-state index contributed by atoms with van der Waals surface area (Å²) in [5.74, 6) is -4.31. The van der Waals surface area contributed by atoms with Gasteiger partial charge in [0.15, 0.2) is 0 Å². The number of H-pyrrole nitrogens is 1. The first-order chi connectivity index (χ1) is 20.3. The molecular weight excluding hydrogens is 556 g/mol. The number of hydrogen-bond donors (Lipinski definition) is 8. The van der Waals surface area contributed by atoms with E-state index in [1.807, 2.05) is 38.1 Å². The molecule has 3 aromatic rings. The largest absolute Gasteiger partial charge is 0.508 e. The second-order valence-electron chi connectivity index (χ2n) is 10.9. The number of nitrogens with two attached hydrogens (primary N) is 2. The molecule has 0 aliphatic rings. The molecule has 2 aromatic carbocycles. The number of nitrogens with one attached hydrogen (secondary N) is 4. The van der Waals surface area contributed by atoms with Crippen LogP contribution in [0.15, 0.2) is 54.7 Å². The van der Waals surface area contributed by atoms with Gasteiger partial charge in [-0.15, -0.1) is 0 Å². The maximum absolute atomic E-state index is 13.7. The van der Waals surface area contributed by atoms with Crippen LogP contribution in [0.5, 0.6) is 5.75 Å². The summed E-state index contributed by atoms with van der Waals surface area (Å²) in [7, 11) is 0. The lowest BCUT2D eigenvalue weighted by molar-refractivity contribution is -0.142. The van der Waals surface area contributed by atoms with Gasteiger partial charge in [0.25, 0.3) is 0 Å². The van der Waals surface area contributed by atoms with Gasteiger partial charge < -0.3 is 42.6 Å². The molecule has 0 aliphatic heterocycles. The van der Waals surface area contributed by atoms with E-state index in [-0.39, 0.29) is 30.9 Å². The number of aromatic hydroxyl groups is 1. The Kier molecular flexibility index (Phi) is 11.2. The number of carbonyl (C=O) groups excluding carboxylic acids is 4. The van der Waals surface area contributed by atoms with E-state index in [2.05, 4.69) is 20.9 Å². The Balaban J connectivity index is 1.91. The van der Waals surface area contributed by atoms with Gasteiger partial charge in [-0.1, -0.05) is 44.2 Å². The van der Waals surface area contributed by atoms with Crippen LogP contribution >= 0.6 is 0 Å². The van der Waals surface area contributed by atoms with Gasteiger partial charge in [0.05, 0.1) is 12.5 Å². The minimum Gasteiger partial charge on any atom is -0.508 e. The van der Waals surface area contributed by atoms with Gasteiger partial charge in [-0.3, -0.25) is 19.2 Å². The maximum Gasteiger partial charge on any atom is 0.326 e. The van der Waals surface area contributed by atoms with Crippen molar-refractivity contribution in [3.8, 4) is 5.75 Å². The van der Waals surface area contributed by atoms with E-state index in [1.54, 1.807) is 18.3 Å². The van der Waals surface area contributed by atoms with Crippen LogP contribution < -0.4 is 27.4 Å². The molecule has 4 atom stereocenters. The highest BCUT2D eigenvalue weighted by atomic mass is 16.4. The molecule has 3 rings (SSSR count). The van der Waals surface area contributed by atoms with Crippen LogP contribution in [0.4, 0.5) is 0 Å². The average Bonchev–Trinajstić information content (AvgIpc) is 3.35. The molecule has 13 nitrogen and oxygen atoms in total. The second kappa shape index (κ2) is 14.8. The van der Waals surface area contributed by atoms with Gasteiger partial charge in [-0.25, -0.2) is 4.79 Å². The van der Waals surface area contributed by atoms with Crippen molar-refractivity contribution in [2.45, 2.75) is 63.7 Å². The summed E-state index contributed by atoms with van der Waals surface area (Å²) in [6.45, 7) is 3.65. The molecule has 0 spiro atoms. The van der Waals surface area contributed by atoms with E-state index in [0.717, 1.165) is 10.9 Å². The van der Waals surface area contributed by atoms with Crippen molar-refractivity contribution in [3.63, 3.8) is 0 Å². The predicted octanol–water partition coefficient (Wildman–Crippen LogP) is 0.447. The molecule has 10 N–H and O–H groups in total. The minimum atomic E-state index is -1.31. The van der Waals surface area contributed by atoms with Crippen LogP contribution in [0.2, 0.25) is 0 Å². The summed E-state index contributed by atoms with van der Waals surface area (Å²) in [4.78, 5) is 66.3. The van der Waals surface area contributed by atoms with Gasteiger partial charge in [0.2, 0.25) is 23.6 Å². The molecule has 0 radical (unpaired) electrons. The number of para-hydroxylation sites is 1. The minimum absolute atomic E-state index is 0.00196. The normalized spacial score (nSPS) is 14.0. The molecule has 43 heavy (non-hydrogen) atoms. The van der Waals surface area contributed by atoms with Gasteiger partial charge in [0, 0.05) is 29.9 Å². The molecule has 0 bridgehead atoms. The Labute approximate surface area is 248 Å². The fourth-order valence-electron chi connectivity index (χ4n) is 4.63. The number of phenolic OH excluding ortho intramolecular Hbond substituents is 1. The highest BCUT2D eigenvalue weighted by Crippen LogP contribution is 2.20. The smallest absolute Gasteiger partial charge is 0.326 e. The zero-order valence-electron chi connectivity index (χ0n) is 24.0. The third-order valence-corrected chi connectivity index (χ3v) is 6.82. The predicted molar refractivity (Wildman–Crippen MR) is 158 cm³/mol. The highest BCUT2D eigenvalue weighted by molar-refractivity contribution is 5.95. The molecule has 13 heteroatoms. The van der Waals surface area contributed by atoms with E-state index in [9.17, 15) is 34.2 Å². The summed E-state index contributed by atoms with van der Waals surface area (Å²) in [5, 5.41) is 27.9. The monoisotopic (exact) mass is 594 g/mol. The van der Waals surface area contributed by atoms with Crippen molar-refractivity contribution in [1.29, 1.82) is 0 Å². The number of hydrogen-bond acceptors (Lipinski definition) is 7. The van der Waals surface area contributed by atoms with Crippen LogP contribution in [0.25, 0.3) is 10.9 Å². The number of fused-ring (bicyclic) bond motifs is 1. The topological polar surface area (TPSA) is 230 Å². The Morgan fingerprint density at radius 3 is 2.02 bits per heavy atom. The van der Waals surface area contributed by atoms with Crippen molar-refractivity contribution in [1.82, 2.24) is 20.9 Å². The molecule has 0 aliphatic carbocycles. The summed E-state index contributed by atoms with van der Waals surface area (Å²) in [6.07, 6.45) is 1.40. The van der Waals surface area contributed by atoms with E-state index in [1.165, 1.54) is 12.1 Å². The summed E-state index contributed by atoms with van der Waals surface area (Å²) in [5.41, 5.74) is 13.0. The Morgan fingerprint density at radius 2 is 1.42 bits per heavy atom. The van der Waals surface area contributed by atoms with Crippen molar-refractivity contribution in [3.05, 3.63) is 65.9 Å². The molecule has 0 saturated carbocycles. The quantitative estimate of drug-likeness (QED) is 0.123. The number of aromatic amines is 1. The highest BCUT2D eigenvalue weighted by Gasteiger charge is 2.31. The Morgan fingerprint density at radius 1 is 0.837 bits per heavy atom. The lowest BCUT2D eigenvalue weighted by Gasteiger charge is -2.25. The summed E-state index contributed by atoms with van der Waals surface area (Å²) < 4.78 is 0. The first-order valence-corrected chi connectivity index (χ1v) is 13.8. The molecule has 1 aromatic heterocycles. The number of carboxylic acid groups (broad SMARTS) is 1. The number of aromatic nitrogens is 1. The molecule has 1 heterocycles. The third kappa shape index (κ3) is 9.57. The fourth-order valence-corrected chi connectivity index (χ4v) is 4.63. The lowest BCUT2D eigenvalue weighted by atomic mass is 10.00. The first kappa shape index (κ1) is 32.6. The lowest BCUT2D eigenvalue weighted by Crippen LogP contribution is -2.58. The van der Waals surface area contributed by atoms with Crippen molar-refractivity contribution in [2.24, 2.45) is 17.4 Å². The van der Waals surface area contributed by atoms with Crippen LogP contribution in [0, 0.1) is 5.92 Å². The summed E-state index contributed by atoms with van der Waals surface area (Å²) >= 11 is 0. The zero-order valence-corrected chi connectivity index (χ0v) is 24.0. The Hall–Kier alpha value is -4.91. The number of primary amides is 1. The summed E-state index contributed by atoms with van der Waals surface area (Å²) in [6, 6.07) is 8.36. The van der Waals surface area contributed by atoms with Gasteiger partial charge in [-0.2, -0.15) is 0 Å². The molecular formula is C30H38N6O7. The second-order valence-corrected chi connectivity index (χ2v) is 10.9. The van der Waals surface area contributed by atoms with Crippen molar-refractivity contribution >= 4 is 40.5 Å². The number of rotatable bonds is 15. The van der Waals surface area contributed by atoms with E-state index < -0.39 is 60.2 Å². The molecule has 0 saturated heterocycles. The van der Waals surface area contributed by atoms with Gasteiger partial charge >= 0.3 is 5.97 Å². The Bertz CT molecular complexity index is 1450. The maximum atomic E-state index is 13.7. The van der Waals surface area contributed by atoms with Crippen LogP contribution in [-0.4, -0.2) is 69.0 Å². The molecule has 230 valence electrons. The van der Waals surface area contributed by atoms with E-state index in [4.69, 9.17) is 11.5 Å². The fraction of sp³-hybridized carbons (Fsp3) is 0.367. The number of aliphatic carboxylic acids is 1. The van der Waals surface area contributed by atoms with Crippen LogP contribution in [-0.2, 0) is 36.8 Å².